The lowest BCUT2D eigenvalue weighted by atomic mass is 10.3. The molecule has 1 atom stereocenters. The Morgan fingerprint density at radius 2 is 2.08 bits per heavy atom. The van der Waals surface area contributed by atoms with Crippen LogP contribution >= 0.6 is 0 Å². The number of halogens is 2. The topological polar surface area (TPSA) is 41.5 Å². The highest BCUT2D eigenvalue weighted by Gasteiger charge is 2.24. The van der Waals surface area contributed by atoms with E-state index in [4.69, 9.17) is 9.84 Å². The third-order valence-corrected chi connectivity index (χ3v) is 1.83. The van der Waals surface area contributed by atoms with Crippen LogP contribution in [0.3, 0.4) is 0 Å². The largest absolute Gasteiger partial charge is 0.395 e. The highest BCUT2D eigenvalue weighted by atomic mass is 19.3. The Morgan fingerprint density at radius 3 is 2.54 bits per heavy atom. The normalized spacial score (nSPS) is 19.4. The summed E-state index contributed by atoms with van der Waals surface area (Å²) in [6.07, 6.45) is -0.225. The van der Waals surface area contributed by atoms with E-state index >= 15 is 0 Å². The van der Waals surface area contributed by atoms with Gasteiger partial charge in [0.25, 0.3) is 6.43 Å². The second-order valence-electron chi connectivity index (χ2n) is 3.25. The molecular formula is C8H15F2NO2. The van der Waals surface area contributed by atoms with Crippen LogP contribution in [0.15, 0.2) is 0 Å². The zero-order chi connectivity index (χ0) is 9.68. The Balaban J connectivity index is 2.01. The van der Waals surface area contributed by atoms with Crippen molar-refractivity contribution >= 4 is 0 Å². The third kappa shape index (κ3) is 5.13. The molecule has 78 valence electrons. The molecule has 1 fully saturated rings. The average Bonchev–Trinajstić information content (AvgIpc) is 2.86. The molecule has 1 aliphatic rings. The average molecular weight is 195 g/mol. The molecule has 0 heterocycles. The lowest BCUT2D eigenvalue weighted by molar-refractivity contribution is 0.00337. The molecule has 0 aromatic heterocycles. The van der Waals surface area contributed by atoms with Gasteiger partial charge in [0.15, 0.2) is 0 Å². The molecule has 0 saturated heterocycles. The number of aliphatic hydroxyl groups is 1. The van der Waals surface area contributed by atoms with Gasteiger partial charge in [0.05, 0.1) is 19.3 Å². The molecule has 0 radical (unpaired) electrons. The van der Waals surface area contributed by atoms with Crippen molar-refractivity contribution in [2.75, 3.05) is 19.8 Å². The van der Waals surface area contributed by atoms with Crippen LogP contribution in [0.1, 0.15) is 12.8 Å². The van der Waals surface area contributed by atoms with Crippen molar-refractivity contribution in [1.82, 2.24) is 5.32 Å². The molecule has 0 bridgehead atoms. The summed E-state index contributed by atoms with van der Waals surface area (Å²) >= 11 is 0. The van der Waals surface area contributed by atoms with Crippen molar-refractivity contribution in [2.45, 2.75) is 31.4 Å². The van der Waals surface area contributed by atoms with E-state index in [0.29, 0.717) is 6.04 Å². The van der Waals surface area contributed by atoms with Gasteiger partial charge in [-0.2, -0.15) is 0 Å². The van der Waals surface area contributed by atoms with Gasteiger partial charge in [0, 0.05) is 6.04 Å². The van der Waals surface area contributed by atoms with Gasteiger partial charge >= 0.3 is 0 Å². The Bertz CT molecular complexity index is 142. The van der Waals surface area contributed by atoms with Gasteiger partial charge in [0.1, 0.15) is 6.61 Å². The molecular weight excluding hydrogens is 180 g/mol. The summed E-state index contributed by atoms with van der Waals surface area (Å²) in [5, 5.41) is 11.9. The number of hydrogen-bond acceptors (Lipinski definition) is 3. The lowest BCUT2D eigenvalue weighted by Gasteiger charge is -2.15. The van der Waals surface area contributed by atoms with E-state index in [2.05, 4.69) is 5.32 Å². The van der Waals surface area contributed by atoms with Gasteiger partial charge in [0.2, 0.25) is 0 Å². The highest BCUT2D eigenvalue weighted by molar-refractivity contribution is 4.84. The molecule has 1 aliphatic carbocycles. The zero-order valence-corrected chi connectivity index (χ0v) is 7.38. The molecule has 3 nitrogen and oxygen atoms in total. The van der Waals surface area contributed by atoms with E-state index < -0.39 is 13.0 Å². The highest BCUT2D eigenvalue weighted by Crippen LogP contribution is 2.19. The summed E-state index contributed by atoms with van der Waals surface area (Å²) in [4.78, 5) is 0. The molecule has 0 aromatic rings. The van der Waals surface area contributed by atoms with Crippen LogP contribution in [0.5, 0.6) is 0 Å². The van der Waals surface area contributed by atoms with Crippen molar-refractivity contribution in [1.29, 1.82) is 0 Å². The van der Waals surface area contributed by atoms with E-state index in [0.717, 1.165) is 12.8 Å². The zero-order valence-electron chi connectivity index (χ0n) is 7.38. The SMILES string of the molecule is OCC(COCC(F)F)NC1CC1. The number of nitrogens with one attached hydrogen (secondary N) is 1. The van der Waals surface area contributed by atoms with E-state index in [1.165, 1.54) is 0 Å². The lowest BCUT2D eigenvalue weighted by Crippen LogP contribution is -2.38. The minimum atomic E-state index is -2.43. The fourth-order valence-electron chi connectivity index (χ4n) is 1.04. The number of rotatable bonds is 7. The quantitative estimate of drug-likeness (QED) is 0.617. The smallest absolute Gasteiger partial charge is 0.261 e. The number of ether oxygens (including phenoxy) is 1. The van der Waals surface area contributed by atoms with Crippen LogP contribution in [0.4, 0.5) is 8.78 Å². The van der Waals surface area contributed by atoms with Crippen LogP contribution < -0.4 is 5.32 Å². The Labute approximate surface area is 76.1 Å². The Hall–Kier alpha value is -0.260. The van der Waals surface area contributed by atoms with Gasteiger partial charge < -0.3 is 15.2 Å². The van der Waals surface area contributed by atoms with Gasteiger partial charge in [-0.25, -0.2) is 8.78 Å². The van der Waals surface area contributed by atoms with Crippen molar-refractivity contribution in [3.8, 4) is 0 Å². The van der Waals surface area contributed by atoms with Crippen LogP contribution in [-0.2, 0) is 4.74 Å². The van der Waals surface area contributed by atoms with Crippen molar-refractivity contribution in [2.24, 2.45) is 0 Å². The Kier molecular flexibility index (Phi) is 4.55. The molecule has 1 unspecified atom stereocenters. The predicted molar refractivity (Wildman–Crippen MR) is 43.9 cm³/mol. The molecule has 0 aliphatic heterocycles. The van der Waals surface area contributed by atoms with E-state index in [1.54, 1.807) is 0 Å². The predicted octanol–water partition coefficient (Wildman–Crippen LogP) is 0.381. The van der Waals surface area contributed by atoms with Gasteiger partial charge in [-0.05, 0) is 12.8 Å². The minimum Gasteiger partial charge on any atom is -0.395 e. The molecule has 1 rings (SSSR count). The van der Waals surface area contributed by atoms with Crippen molar-refractivity contribution < 1.29 is 18.6 Å². The van der Waals surface area contributed by atoms with Crippen LogP contribution in [0.2, 0.25) is 0 Å². The molecule has 5 heteroatoms. The summed E-state index contributed by atoms with van der Waals surface area (Å²) in [6, 6.07) is 0.249. The summed E-state index contributed by atoms with van der Waals surface area (Å²) in [6.45, 7) is -0.472. The maximum atomic E-state index is 11.7. The molecule has 1 saturated carbocycles. The second-order valence-corrected chi connectivity index (χ2v) is 3.25. The molecule has 2 N–H and O–H groups in total. The molecule has 13 heavy (non-hydrogen) atoms. The number of aliphatic hydroxyl groups excluding tert-OH is 1. The molecule has 0 amide bonds. The first-order valence-electron chi connectivity index (χ1n) is 4.45. The Morgan fingerprint density at radius 1 is 1.38 bits per heavy atom. The maximum Gasteiger partial charge on any atom is 0.261 e. The first-order chi connectivity index (χ1) is 6.22. The van der Waals surface area contributed by atoms with Crippen LogP contribution in [0.25, 0.3) is 0 Å². The van der Waals surface area contributed by atoms with Crippen LogP contribution in [0, 0.1) is 0 Å². The standard InChI is InChI=1S/C8H15F2NO2/c9-8(10)5-13-4-7(3-12)11-6-1-2-6/h6-8,11-12H,1-5H2. The fourth-order valence-corrected chi connectivity index (χ4v) is 1.04. The number of hydrogen-bond donors (Lipinski definition) is 2. The summed E-state index contributed by atoms with van der Waals surface area (Å²) < 4.78 is 28.0. The summed E-state index contributed by atoms with van der Waals surface area (Å²) in [5.41, 5.74) is 0. The summed E-state index contributed by atoms with van der Waals surface area (Å²) in [5.74, 6) is 0. The maximum absolute atomic E-state index is 11.7. The fraction of sp³-hybridized carbons (Fsp3) is 1.00. The first-order valence-corrected chi connectivity index (χ1v) is 4.45. The van der Waals surface area contributed by atoms with E-state index in [1.807, 2.05) is 0 Å². The third-order valence-electron chi connectivity index (χ3n) is 1.83. The van der Waals surface area contributed by atoms with Gasteiger partial charge in [-0.1, -0.05) is 0 Å². The minimum absolute atomic E-state index is 0.0697. The van der Waals surface area contributed by atoms with Gasteiger partial charge in [-0.15, -0.1) is 0 Å². The monoisotopic (exact) mass is 195 g/mol. The second kappa shape index (κ2) is 5.47. The van der Waals surface area contributed by atoms with Crippen molar-refractivity contribution in [3.05, 3.63) is 0 Å². The van der Waals surface area contributed by atoms with Crippen molar-refractivity contribution in [3.63, 3.8) is 0 Å². The van der Waals surface area contributed by atoms with Crippen LogP contribution in [-0.4, -0.2) is 43.4 Å². The molecule has 0 aromatic carbocycles. The molecule has 0 spiro atoms. The first kappa shape index (κ1) is 10.8. The number of alkyl halides is 2. The van der Waals surface area contributed by atoms with Gasteiger partial charge in [-0.3, -0.25) is 0 Å². The van der Waals surface area contributed by atoms with E-state index in [-0.39, 0.29) is 19.3 Å². The summed E-state index contributed by atoms with van der Waals surface area (Å²) in [7, 11) is 0. The van der Waals surface area contributed by atoms with E-state index in [9.17, 15) is 8.78 Å².